The third kappa shape index (κ3) is 4.89. The molecule has 0 bridgehead atoms. The number of fused-ring (bicyclic) bond motifs is 1. The van der Waals surface area contributed by atoms with Gasteiger partial charge in [0.1, 0.15) is 22.9 Å². The molecule has 0 saturated carbocycles. The number of nitrogens with zero attached hydrogens (tertiary/aromatic N) is 1. The summed E-state index contributed by atoms with van der Waals surface area (Å²) in [6.45, 7) is 3.78. The Labute approximate surface area is 189 Å². The predicted molar refractivity (Wildman–Crippen MR) is 124 cm³/mol. The first-order valence-corrected chi connectivity index (χ1v) is 12.0. The van der Waals surface area contributed by atoms with Crippen LogP contribution in [0.3, 0.4) is 0 Å². The van der Waals surface area contributed by atoms with E-state index in [1.54, 1.807) is 0 Å². The van der Waals surface area contributed by atoms with E-state index in [4.69, 9.17) is 8.83 Å². The van der Waals surface area contributed by atoms with E-state index in [0.29, 0.717) is 24.5 Å². The Morgan fingerprint density at radius 3 is 2.66 bits per heavy atom. The standard InChI is InChI=1S/C25H25NO5S/c1-3-11-32(29)23(25(27)28)13-17-9-10-22-19(12-17)14-20(31-22)15-21-16(2)30-24(26-21)18-7-5-4-6-8-18/h4-10,12,14,23H,3,11,13,15H2,1-2H3,(H,27,28). The van der Waals surface area contributed by atoms with E-state index in [0.717, 1.165) is 39.3 Å². The van der Waals surface area contributed by atoms with Crippen molar-refractivity contribution in [1.29, 1.82) is 0 Å². The van der Waals surface area contributed by atoms with Gasteiger partial charge in [-0.1, -0.05) is 31.2 Å². The minimum Gasteiger partial charge on any atom is -0.616 e. The van der Waals surface area contributed by atoms with Gasteiger partial charge in [0, 0.05) is 17.4 Å². The molecular formula is C25H25NO5S. The molecule has 4 rings (SSSR count). The Bertz CT molecular complexity index is 1210. The molecule has 2 unspecified atom stereocenters. The maximum absolute atomic E-state index is 12.3. The van der Waals surface area contributed by atoms with Gasteiger partial charge in [-0.15, -0.1) is 0 Å². The minimum absolute atomic E-state index is 0.223. The largest absolute Gasteiger partial charge is 0.616 e. The molecule has 1 N–H and O–H groups in total. The van der Waals surface area contributed by atoms with Crippen LogP contribution in [0.2, 0.25) is 0 Å². The van der Waals surface area contributed by atoms with Gasteiger partial charge < -0.3 is 18.5 Å². The fourth-order valence-corrected chi connectivity index (χ4v) is 4.96. The first-order chi connectivity index (χ1) is 15.4. The van der Waals surface area contributed by atoms with Crippen LogP contribution in [0.4, 0.5) is 0 Å². The third-order valence-electron chi connectivity index (χ3n) is 5.31. The van der Waals surface area contributed by atoms with Gasteiger partial charge in [-0.3, -0.25) is 0 Å². The smallest absolute Gasteiger partial charge is 0.357 e. The summed E-state index contributed by atoms with van der Waals surface area (Å²) in [5.41, 5.74) is 3.27. The first-order valence-electron chi connectivity index (χ1n) is 10.6. The number of hydrogen-bond acceptors (Lipinski definition) is 5. The Balaban J connectivity index is 1.54. The predicted octanol–water partition coefficient (Wildman–Crippen LogP) is 5.14. The van der Waals surface area contributed by atoms with Gasteiger partial charge in [0.05, 0.1) is 12.1 Å². The molecule has 6 nitrogen and oxygen atoms in total. The summed E-state index contributed by atoms with van der Waals surface area (Å²) in [6, 6.07) is 17.3. The van der Waals surface area contributed by atoms with Crippen molar-refractivity contribution in [3.8, 4) is 11.5 Å². The summed E-state index contributed by atoms with van der Waals surface area (Å²) in [4.78, 5) is 16.2. The van der Waals surface area contributed by atoms with Crippen LogP contribution in [0.1, 0.15) is 36.1 Å². The SMILES string of the molecule is CCC[S+]([O-])C(Cc1ccc2oc(Cc3nc(-c4ccccc4)oc3C)cc2c1)C(=O)O. The van der Waals surface area contributed by atoms with Gasteiger partial charge in [-0.2, -0.15) is 0 Å². The lowest BCUT2D eigenvalue weighted by atomic mass is 10.1. The van der Waals surface area contributed by atoms with Gasteiger partial charge in [-0.05, 0) is 60.4 Å². The fraction of sp³-hybridized carbons (Fsp3) is 0.280. The van der Waals surface area contributed by atoms with E-state index < -0.39 is 22.4 Å². The minimum atomic E-state index is -1.40. The zero-order valence-electron chi connectivity index (χ0n) is 18.0. The van der Waals surface area contributed by atoms with Crippen molar-refractivity contribution in [2.45, 2.75) is 38.4 Å². The van der Waals surface area contributed by atoms with E-state index in [-0.39, 0.29) is 6.42 Å². The van der Waals surface area contributed by atoms with Gasteiger partial charge in [0.2, 0.25) is 11.1 Å². The van der Waals surface area contributed by atoms with Crippen LogP contribution < -0.4 is 0 Å². The van der Waals surface area contributed by atoms with Crippen molar-refractivity contribution < 1.29 is 23.3 Å². The number of carboxylic acid groups (broad SMARTS) is 1. The average Bonchev–Trinajstić information content (AvgIpc) is 3.35. The Kier molecular flexibility index (Phi) is 6.67. The molecule has 0 spiro atoms. The summed E-state index contributed by atoms with van der Waals surface area (Å²) < 4.78 is 24.1. The monoisotopic (exact) mass is 451 g/mol. The number of rotatable bonds is 9. The molecule has 0 fully saturated rings. The molecule has 0 aliphatic carbocycles. The number of carboxylic acids is 1. The second-order valence-electron chi connectivity index (χ2n) is 7.77. The highest BCUT2D eigenvalue weighted by molar-refractivity contribution is 7.92. The topological polar surface area (TPSA) is 99.5 Å². The van der Waals surface area contributed by atoms with Gasteiger partial charge in [-0.25, -0.2) is 9.78 Å². The van der Waals surface area contributed by atoms with Crippen LogP contribution in [0, 0.1) is 6.92 Å². The second-order valence-corrected chi connectivity index (χ2v) is 9.50. The number of carbonyl (C=O) groups is 1. The zero-order valence-corrected chi connectivity index (χ0v) is 18.9. The summed E-state index contributed by atoms with van der Waals surface area (Å²) >= 11 is -1.40. The van der Waals surface area contributed by atoms with Crippen molar-refractivity contribution in [2.24, 2.45) is 0 Å². The molecule has 0 radical (unpaired) electrons. The zero-order chi connectivity index (χ0) is 22.7. The normalized spacial score (nSPS) is 13.3. The number of oxazole rings is 1. The molecule has 7 heteroatoms. The molecule has 0 aliphatic rings. The van der Waals surface area contributed by atoms with Crippen molar-refractivity contribution in [3.05, 3.63) is 77.4 Å². The van der Waals surface area contributed by atoms with Gasteiger partial charge in [0.25, 0.3) is 0 Å². The number of furan rings is 1. The first kappa shape index (κ1) is 22.2. The molecule has 0 saturated heterocycles. The molecule has 32 heavy (non-hydrogen) atoms. The maximum atomic E-state index is 12.3. The molecule has 2 atom stereocenters. The summed E-state index contributed by atoms with van der Waals surface area (Å²) in [5.74, 6) is 1.43. The summed E-state index contributed by atoms with van der Waals surface area (Å²) in [5, 5.41) is 9.47. The quantitative estimate of drug-likeness (QED) is 0.354. The molecule has 0 amide bonds. The van der Waals surface area contributed by atoms with Crippen molar-refractivity contribution in [2.75, 3.05) is 5.75 Å². The van der Waals surface area contributed by atoms with Crippen LogP contribution in [0.15, 0.2) is 63.4 Å². The molecular weight excluding hydrogens is 426 g/mol. The molecule has 2 aromatic carbocycles. The summed E-state index contributed by atoms with van der Waals surface area (Å²) in [7, 11) is 0. The fourth-order valence-electron chi connectivity index (χ4n) is 3.67. The second kappa shape index (κ2) is 9.63. The average molecular weight is 452 g/mol. The maximum Gasteiger partial charge on any atom is 0.357 e. The molecule has 2 heterocycles. The Hall–Kier alpha value is -3.03. The van der Waals surface area contributed by atoms with Crippen LogP contribution in [0.25, 0.3) is 22.4 Å². The number of hydrogen-bond donors (Lipinski definition) is 1. The highest BCUT2D eigenvalue weighted by Gasteiger charge is 2.30. The lowest BCUT2D eigenvalue weighted by molar-refractivity contribution is -0.136. The third-order valence-corrected chi connectivity index (χ3v) is 7.12. The number of aliphatic carboxylic acids is 1. The van der Waals surface area contributed by atoms with Gasteiger partial charge in [0.15, 0.2) is 0 Å². The van der Waals surface area contributed by atoms with Crippen LogP contribution >= 0.6 is 0 Å². The molecule has 2 aromatic heterocycles. The summed E-state index contributed by atoms with van der Waals surface area (Å²) in [6.07, 6.45) is 1.40. The number of aryl methyl sites for hydroxylation is 1. The van der Waals surface area contributed by atoms with Gasteiger partial charge >= 0.3 is 5.97 Å². The molecule has 166 valence electrons. The van der Waals surface area contributed by atoms with Crippen molar-refractivity contribution in [1.82, 2.24) is 4.98 Å². The van der Waals surface area contributed by atoms with E-state index in [2.05, 4.69) is 4.98 Å². The van der Waals surface area contributed by atoms with E-state index in [9.17, 15) is 14.5 Å². The Morgan fingerprint density at radius 1 is 1.16 bits per heavy atom. The van der Waals surface area contributed by atoms with Crippen LogP contribution in [-0.4, -0.2) is 31.6 Å². The highest BCUT2D eigenvalue weighted by atomic mass is 32.2. The number of aromatic nitrogens is 1. The van der Waals surface area contributed by atoms with Crippen LogP contribution in [-0.2, 0) is 28.8 Å². The molecule has 4 aromatic rings. The van der Waals surface area contributed by atoms with E-state index in [1.165, 1.54) is 0 Å². The van der Waals surface area contributed by atoms with E-state index in [1.807, 2.05) is 68.4 Å². The van der Waals surface area contributed by atoms with Crippen molar-refractivity contribution >= 4 is 28.1 Å². The lowest BCUT2D eigenvalue weighted by Crippen LogP contribution is -2.34. The number of benzene rings is 2. The Morgan fingerprint density at radius 2 is 1.94 bits per heavy atom. The van der Waals surface area contributed by atoms with E-state index >= 15 is 0 Å². The van der Waals surface area contributed by atoms with Crippen LogP contribution in [0.5, 0.6) is 0 Å². The van der Waals surface area contributed by atoms with Crippen molar-refractivity contribution in [3.63, 3.8) is 0 Å². The molecule has 0 aliphatic heterocycles. The lowest BCUT2D eigenvalue weighted by Gasteiger charge is -2.17. The highest BCUT2D eigenvalue weighted by Crippen LogP contribution is 2.27.